The first-order valence-corrected chi connectivity index (χ1v) is 6.01. The van der Waals surface area contributed by atoms with Gasteiger partial charge in [0.05, 0.1) is 12.4 Å². The molecular weight excluding hydrogens is 200 g/mol. The monoisotopic (exact) mass is 220 g/mol. The SMILES string of the molecule is CNc1cncc(NCC2CCC(C)C2)n1. The van der Waals surface area contributed by atoms with Crippen LogP contribution in [0, 0.1) is 11.8 Å². The number of anilines is 2. The molecule has 0 amide bonds. The summed E-state index contributed by atoms with van der Waals surface area (Å²) in [5.74, 6) is 3.37. The second-order valence-electron chi connectivity index (χ2n) is 4.70. The minimum absolute atomic E-state index is 0.801. The second kappa shape index (κ2) is 5.14. The van der Waals surface area contributed by atoms with Gasteiger partial charge in [-0.3, -0.25) is 4.98 Å². The fraction of sp³-hybridized carbons (Fsp3) is 0.667. The van der Waals surface area contributed by atoms with E-state index in [9.17, 15) is 0 Å². The van der Waals surface area contributed by atoms with E-state index in [-0.39, 0.29) is 0 Å². The van der Waals surface area contributed by atoms with Crippen molar-refractivity contribution in [2.45, 2.75) is 26.2 Å². The largest absolute Gasteiger partial charge is 0.372 e. The van der Waals surface area contributed by atoms with Crippen LogP contribution in [-0.4, -0.2) is 23.6 Å². The van der Waals surface area contributed by atoms with Crippen LogP contribution in [-0.2, 0) is 0 Å². The minimum Gasteiger partial charge on any atom is -0.372 e. The van der Waals surface area contributed by atoms with Crippen molar-refractivity contribution in [3.63, 3.8) is 0 Å². The van der Waals surface area contributed by atoms with Gasteiger partial charge in [-0.2, -0.15) is 0 Å². The molecule has 1 aliphatic carbocycles. The molecular formula is C12H20N4. The number of rotatable bonds is 4. The molecule has 1 fully saturated rings. The molecule has 4 heteroatoms. The van der Waals surface area contributed by atoms with Crippen LogP contribution < -0.4 is 10.6 Å². The molecule has 1 aliphatic rings. The van der Waals surface area contributed by atoms with Gasteiger partial charge in [0.15, 0.2) is 0 Å². The molecule has 0 aliphatic heterocycles. The summed E-state index contributed by atoms with van der Waals surface area (Å²) in [6.07, 6.45) is 7.55. The molecule has 1 aromatic rings. The molecule has 0 radical (unpaired) electrons. The second-order valence-corrected chi connectivity index (χ2v) is 4.70. The summed E-state index contributed by atoms with van der Waals surface area (Å²) in [6, 6.07) is 0. The predicted octanol–water partition coefficient (Wildman–Crippen LogP) is 2.37. The van der Waals surface area contributed by atoms with Crippen molar-refractivity contribution >= 4 is 11.6 Å². The van der Waals surface area contributed by atoms with E-state index in [2.05, 4.69) is 27.5 Å². The number of nitrogens with one attached hydrogen (secondary N) is 2. The minimum atomic E-state index is 0.801. The molecule has 0 bridgehead atoms. The fourth-order valence-electron chi connectivity index (χ4n) is 2.33. The first kappa shape index (κ1) is 11.2. The van der Waals surface area contributed by atoms with Gasteiger partial charge in [-0.1, -0.05) is 13.3 Å². The van der Waals surface area contributed by atoms with Gasteiger partial charge in [-0.05, 0) is 24.7 Å². The molecule has 88 valence electrons. The molecule has 16 heavy (non-hydrogen) atoms. The molecule has 2 unspecified atom stereocenters. The van der Waals surface area contributed by atoms with Crippen molar-refractivity contribution < 1.29 is 0 Å². The van der Waals surface area contributed by atoms with Gasteiger partial charge in [0.1, 0.15) is 11.6 Å². The Morgan fingerprint density at radius 2 is 2.12 bits per heavy atom. The van der Waals surface area contributed by atoms with Gasteiger partial charge >= 0.3 is 0 Å². The highest BCUT2D eigenvalue weighted by Crippen LogP contribution is 2.30. The molecule has 2 N–H and O–H groups in total. The maximum atomic E-state index is 4.39. The molecule has 0 aromatic carbocycles. The Hall–Kier alpha value is -1.32. The third-order valence-corrected chi connectivity index (χ3v) is 3.27. The van der Waals surface area contributed by atoms with Gasteiger partial charge in [0, 0.05) is 13.6 Å². The van der Waals surface area contributed by atoms with Crippen LogP contribution in [0.3, 0.4) is 0 Å². The lowest BCUT2D eigenvalue weighted by atomic mass is 10.1. The van der Waals surface area contributed by atoms with Crippen LogP contribution in [0.15, 0.2) is 12.4 Å². The molecule has 1 aromatic heterocycles. The Morgan fingerprint density at radius 1 is 1.31 bits per heavy atom. The van der Waals surface area contributed by atoms with E-state index < -0.39 is 0 Å². The summed E-state index contributed by atoms with van der Waals surface area (Å²) in [5.41, 5.74) is 0. The summed E-state index contributed by atoms with van der Waals surface area (Å²) < 4.78 is 0. The van der Waals surface area contributed by atoms with Crippen LogP contribution in [0.25, 0.3) is 0 Å². The van der Waals surface area contributed by atoms with E-state index in [1.165, 1.54) is 19.3 Å². The Kier molecular flexibility index (Phi) is 3.59. The predicted molar refractivity (Wildman–Crippen MR) is 66.6 cm³/mol. The highest BCUT2D eigenvalue weighted by Gasteiger charge is 2.20. The maximum Gasteiger partial charge on any atom is 0.146 e. The summed E-state index contributed by atoms with van der Waals surface area (Å²) in [4.78, 5) is 8.51. The Balaban J connectivity index is 1.84. The molecule has 0 saturated heterocycles. The third kappa shape index (κ3) is 2.84. The van der Waals surface area contributed by atoms with Crippen molar-refractivity contribution in [2.75, 3.05) is 24.2 Å². The van der Waals surface area contributed by atoms with Gasteiger partial charge in [0.25, 0.3) is 0 Å². The Bertz CT molecular complexity index is 340. The van der Waals surface area contributed by atoms with E-state index >= 15 is 0 Å². The van der Waals surface area contributed by atoms with Crippen molar-refractivity contribution in [3.05, 3.63) is 12.4 Å². The standard InChI is InChI=1S/C12H20N4/c1-9-3-4-10(5-9)6-15-12-8-14-7-11(13-2)16-12/h7-10H,3-6H2,1-2H3,(H2,13,15,16). The molecule has 2 atom stereocenters. The zero-order chi connectivity index (χ0) is 11.4. The van der Waals surface area contributed by atoms with Gasteiger partial charge in [-0.15, -0.1) is 0 Å². The third-order valence-electron chi connectivity index (χ3n) is 3.27. The lowest BCUT2D eigenvalue weighted by Gasteiger charge is -2.11. The van der Waals surface area contributed by atoms with Crippen molar-refractivity contribution in [1.82, 2.24) is 9.97 Å². The van der Waals surface area contributed by atoms with E-state index in [0.29, 0.717) is 0 Å². The molecule has 1 saturated carbocycles. The smallest absolute Gasteiger partial charge is 0.146 e. The fourth-order valence-corrected chi connectivity index (χ4v) is 2.33. The first-order chi connectivity index (χ1) is 7.78. The van der Waals surface area contributed by atoms with Gasteiger partial charge in [-0.25, -0.2) is 4.98 Å². The summed E-state index contributed by atoms with van der Waals surface area (Å²) in [5, 5.41) is 6.36. The van der Waals surface area contributed by atoms with Crippen molar-refractivity contribution in [3.8, 4) is 0 Å². The lowest BCUT2D eigenvalue weighted by molar-refractivity contribution is 0.536. The molecule has 1 heterocycles. The van der Waals surface area contributed by atoms with E-state index in [4.69, 9.17) is 0 Å². The zero-order valence-electron chi connectivity index (χ0n) is 10.0. The zero-order valence-corrected chi connectivity index (χ0v) is 10.0. The molecule has 4 nitrogen and oxygen atoms in total. The highest BCUT2D eigenvalue weighted by molar-refractivity contribution is 5.40. The Morgan fingerprint density at radius 3 is 2.81 bits per heavy atom. The van der Waals surface area contributed by atoms with Crippen molar-refractivity contribution in [2.24, 2.45) is 11.8 Å². The molecule has 0 spiro atoms. The quantitative estimate of drug-likeness (QED) is 0.818. The maximum absolute atomic E-state index is 4.39. The molecule has 2 rings (SSSR count). The summed E-state index contributed by atoms with van der Waals surface area (Å²) >= 11 is 0. The first-order valence-electron chi connectivity index (χ1n) is 6.01. The van der Waals surface area contributed by atoms with E-state index in [1.807, 2.05) is 7.05 Å². The van der Waals surface area contributed by atoms with Crippen LogP contribution in [0.1, 0.15) is 26.2 Å². The topological polar surface area (TPSA) is 49.8 Å². The van der Waals surface area contributed by atoms with Gasteiger partial charge in [0.2, 0.25) is 0 Å². The summed E-state index contributed by atoms with van der Waals surface area (Å²) in [7, 11) is 1.85. The normalized spacial score (nSPS) is 24.4. The number of nitrogens with zero attached hydrogens (tertiary/aromatic N) is 2. The van der Waals surface area contributed by atoms with Crippen LogP contribution >= 0.6 is 0 Å². The Labute approximate surface area is 96.9 Å². The number of aromatic nitrogens is 2. The van der Waals surface area contributed by atoms with Crippen LogP contribution in [0.5, 0.6) is 0 Å². The van der Waals surface area contributed by atoms with Crippen LogP contribution in [0.2, 0.25) is 0 Å². The van der Waals surface area contributed by atoms with Crippen molar-refractivity contribution in [1.29, 1.82) is 0 Å². The number of hydrogen-bond donors (Lipinski definition) is 2. The lowest BCUT2D eigenvalue weighted by Crippen LogP contribution is -2.13. The van der Waals surface area contributed by atoms with E-state index in [0.717, 1.165) is 30.0 Å². The highest BCUT2D eigenvalue weighted by atomic mass is 15.1. The average molecular weight is 220 g/mol. The van der Waals surface area contributed by atoms with Gasteiger partial charge < -0.3 is 10.6 Å². The summed E-state index contributed by atoms with van der Waals surface area (Å²) in [6.45, 7) is 3.35. The average Bonchev–Trinajstić information content (AvgIpc) is 2.73. The van der Waals surface area contributed by atoms with E-state index in [1.54, 1.807) is 12.4 Å². The number of hydrogen-bond acceptors (Lipinski definition) is 4. The van der Waals surface area contributed by atoms with Crippen LogP contribution in [0.4, 0.5) is 11.6 Å².